The van der Waals surface area contributed by atoms with Gasteiger partial charge < -0.3 is 20.1 Å². The van der Waals surface area contributed by atoms with Gasteiger partial charge in [0, 0.05) is 37.1 Å². The van der Waals surface area contributed by atoms with Crippen molar-refractivity contribution in [2.45, 2.75) is 33.4 Å². The van der Waals surface area contributed by atoms with E-state index in [0.717, 1.165) is 41.1 Å². The number of nitrogens with zero attached hydrogens (tertiary/aromatic N) is 2. The SMILES string of the molecule is CCN(CCNc1ncc(CNC(C)=O)s1)C(C)c1ccc2c(c1)OCO2. The predicted molar refractivity (Wildman–Crippen MR) is 106 cm³/mol. The molecule has 0 spiro atoms. The largest absolute Gasteiger partial charge is 0.454 e. The van der Waals surface area contributed by atoms with Crippen molar-refractivity contribution in [3.8, 4) is 11.5 Å². The third-order valence-electron chi connectivity index (χ3n) is 4.57. The van der Waals surface area contributed by atoms with Crippen LogP contribution in [0.3, 0.4) is 0 Å². The van der Waals surface area contributed by atoms with Crippen LogP contribution in [0.15, 0.2) is 24.4 Å². The lowest BCUT2D eigenvalue weighted by molar-refractivity contribution is -0.119. The monoisotopic (exact) mass is 390 g/mol. The maximum atomic E-state index is 11.0. The van der Waals surface area contributed by atoms with Crippen molar-refractivity contribution in [2.75, 3.05) is 31.7 Å². The number of rotatable bonds is 9. The van der Waals surface area contributed by atoms with Crippen molar-refractivity contribution in [3.63, 3.8) is 0 Å². The van der Waals surface area contributed by atoms with Gasteiger partial charge in [-0.15, -0.1) is 11.3 Å². The lowest BCUT2D eigenvalue weighted by atomic mass is 10.1. The average molecular weight is 391 g/mol. The minimum atomic E-state index is -0.0333. The molecule has 2 aromatic rings. The number of carbonyl (C=O) groups is 1. The molecule has 3 rings (SSSR count). The number of benzene rings is 1. The summed E-state index contributed by atoms with van der Waals surface area (Å²) in [5, 5.41) is 7.04. The molecular weight excluding hydrogens is 364 g/mol. The molecule has 1 aliphatic heterocycles. The highest BCUT2D eigenvalue weighted by Gasteiger charge is 2.19. The van der Waals surface area contributed by atoms with Crippen LogP contribution in [0.4, 0.5) is 5.13 Å². The number of amides is 1. The average Bonchev–Trinajstić information content (AvgIpc) is 3.31. The van der Waals surface area contributed by atoms with Gasteiger partial charge >= 0.3 is 0 Å². The summed E-state index contributed by atoms with van der Waals surface area (Å²) in [4.78, 5) is 18.8. The van der Waals surface area contributed by atoms with Crippen molar-refractivity contribution in [2.24, 2.45) is 0 Å². The maximum absolute atomic E-state index is 11.0. The Morgan fingerprint density at radius 1 is 1.37 bits per heavy atom. The Labute approximate surface area is 163 Å². The van der Waals surface area contributed by atoms with Crippen molar-refractivity contribution in [1.29, 1.82) is 0 Å². The molecule has 2 N–H and O–H groups in total. The number of fused-ring (bicyclic) bond motifs is 1. The van der Waals surface area contributed by atoms with Gasteiger partial charge in [0.2, 0.25) is 12.7 Å². The zero-order chi connectivity index (χ0) is 19.2. The first-order valence-electron chi connectivity index (χ1n) is 9.13. The second-order valence-corrected chi connectivity index (χ2v) is 7.50. The first-order chi connectivity index (χ1) is 13.1. The van der Waals surface area contributed by atoms with E-state index in [4.69, 9.17) is 9.47 Å². The first-order valence-corrected chi connectivity index (χ1v) is 9.95. The van der Waals surface area contributed by atoms with Crippen LogP contribution in [0.2, 0.25) is 0 Å². The van der Waals surface area contributed by atoms with Crippen LogP contribution in [-0.2, 0) is 11.3 Å². The Balaban J connectivity index is 1.50. The Morgan fingerprint density at radius 2 is 2.19 bits per heavy atom. The summed E-state index contributed by atoms with van der Waals surface area (Å²) in [6.07, 6.45) is 1.80. The van der Waals surface area contributed by atoms with E-state index in [-0.39, 0.29) is 11.9 Å². The normalized spacial score (nSPS) is 13.6. The molecule has 8 heteroatoms. The van der Waals surface area contributed by atoms with E-state index in [1.54, 1.807) is 17.5 Å². The number of likely N-dealkylation sites (N-methyl/N-ethyl adjacent to an activating group) is 1. The number of hydrogen-bond donors (Lipinski definition) is 2. The van der Waals surface area contributed by atoms with E-state index in [2.05, 4.69) is 46.5 Å². The van der Waals surface area contributed by atoms with Crippen LogP contribution in [0.5, 0.6) is 11.5 Å². The molecule has 146 valence electrons. The highest BCUT2D eigenvalue weighted by molar-refractivity contribution is 7.15. The van der Waals surface area contributed by atoms with Gasteiger partial charge in [0.1, 0.15) is 0 Å². The number of nitrogens with one attached hydrogen (secondary N) is 2. The smallest absolute Gasteiger partial charge is 0.231 e. The lowest BCUT2D eigenvalue weighted by Crippen LogP contribution is -2.31. The number of thiazole rings is 1. The second-order valence-electron chi connectivity index (χ2n) is 6.39. The number of anilines is 1. The van der Waals surface area contributed by atoms with Gasteiger partial charge in [-0.1, -0.05) is 13.0 Å². The van der Waals surface area contributed by atoms with Gasteiger partial charge in [0.15, 0.2) is 16.6 Å². The molecule has 0 radical (unpaired) electrons. The minimum absolute atomic E-state index is 0.0333. The molecule has 27 heavy (non-hydrogen) atoms. The molecule has 1 unspecified atom stereocenters. The minimum Gasteiger partial charge on any atom is -0.454 e. The van der Waals surface area contributed by atoms with Gasteiger partial charge in [0.05, 0.1) is 6.54 Å². The molecule has 1 aromatic heterocycles. The number of carbonyl (C=O) groups excluding carboxylic acids is 1. The van der Waals surface area contributed by atoms with E-state index in [1.165, 1.54) is 12.5 Å². The fourth-order valence-electron chi connectivity index (χ4n) is 3.00. The van der Waals surface area contributed by atoms with Crippen LogP contribution in [-0.4, -0.2) is 42.2 Å². The van der Waals surface area contributed by atoms with Gasteiger partial charge in [-0.2, -0.15) is 0 Å². The van der Waals surface area contributed by atoms with Crippen LogP contribution in [0.25, 0.3) is 0 Å². The Morgan fingerprint density at radius 3 is 2.96 bits per heavy atom. The fourth-order valence-corrected chi connectivity index (χ4v) is 3.78. The fraction of sp³-hybridized carbons (Fsp3) is 0.474. The number of ether oxygens (including phenoxy) is 2. The molecule has 1 aromatic carbocycles. The van der Waals surface area contributed by atoms with E-state index in [9.17, 15) is 4.79 Å². The van der Waals surface area contributed by atoms with Gasteiger partial charge in [-0.3, -0.25) is 9.69 Å². The molecule has 2 heterocycles. The van der Waals surface area contributed by atoms with Gasteiger partial charge in [-0.05, 0) is 31.2 Å². The summed E-state index contributed by atoms with van der Waals surface area (Å²) in [7, 11) is 0. The van der Waals surface area contributed by atoms with Crippen LogP contribution < -0.4 is 20.1 Å². The van der Waals surface area contributed by atoms with E-state index < -0.39 is 0 Å². The third kappa shape index (κ3) is 5.11. The van der Waals surface area contributed by atoms with Gasteiger partial charge in [0.25, 0.3) is 0 Å². The zero-order valence-electron chi connectivity index (χ0n) is 15.9. The van der Waals surface area contributed by atoms with Crippen molar-refractivity contribution < 1.29 is 14.3 Å². The highest BCUT2D eigenvalue weighted by atomic mass is 32.1. The Hall–Kier alpha value is -2.32. The summed E-state index contributed by atoms with van der Waals surface area (Å²) < 4.78 is 10.9. The number of hydrogen-bond acceptors (Lipinski definition) is 7. The summed E-state index contributed by atoms with van der Waals surface area (Å²) in [5.41, 5.74) is 1.22. The summed E-state index contributed by atoms with van der Waals surface area (Å²) in [6.45, 7) is 9.35. The third-order valence-corrected chi connectivity index (χ3v) is 5.53. The summed E-state index contributed by atoms with van der Waals surface area (Å²) >= 11 is 1.57. The standard InChI is InChI=1S/C19H26N4O3S/c1-4-23(13(2)15-5-6-17-18(9-15)26-12-25-17)8-7-20-19-22-11-16(27-19)10-21-14(3)24/h5-6,9,11,13H,4,7-8,10,12H2,1-3H3,(H,20,22)(H,21,24). The molecule has 1 atom stereocenters. The highest BCUT2D eigenvalue weighted by Crippen LogP contribution is 2.35. The molecule has 0 fully saturated rings. The van der Waals surface area contributed by atoms with Crippen LogP contribution >= 0.6 is 11.3 Å². The lowest BCUT2D eigenvalue weighted by Gasteiger charge is -2.28. The summed E-state index contributed by atoms with van der Waals surface area (Å²) in [6, 6.07) is 6.42. The molecule has 0 bridgehead atoms. The first kappa shape index (κ1) is 19.4. The Bertz CT molecular complexity index is 780. The molecule has 1 amide bonds. The van der Waals surface area contributed by atoms with Crippen LogP contribution in [0, 0.1) is 0 Å². The Kier molecular flexibility index (Phi) is 6.52. The van der Waals surface area contributed by atoms with Gasteiger partial charge in [-0.25, -0.2) is 4.98 Å². The van der Waals surface area contributed by atoms with Crippen molar-refractivity contribution in [1.82, 2.24) is 15.2 Å². The zero-order valence-corrected chi connectivity index (χ0v) is 16.8. The quantitative estimate of drug-likeness (QED) is 0.686. The second kappa shape index (κ2) is 9.05. The van der Waals surface area contributed by atoms with E-state index in [0.29, 0.717) is 13.3 Å². The molecule has 7 nitrogen and oxygen atoms in total. The molecule has 1 aliphatic rings. The van der Waals surface area contributed by atoms with E-state index >= 15 is 0 Å². The van der Waals surface area contributed by atoms with Crippen LogP contribution in [0.1, 0.15) is 37.3 Å². The molecular formula is C19H26N4O3S. The molecule has 0 aliphatic carbocycles. The van der Waals surface area contributed by atoms with Crippen molar-refractivity contribution >= 4 is 22.4 Å². The number of aromatic nitrogens is 1. The molecule has 0 saturated carbocycles. The predicted octanol–water partition coefficient (Wildman–Crippen LogP) is 3.00. The van der Waals surface area contributed by atoms with E-state index in [1.807, 2.05) is 6.07 Å². The topological polar surface area (TPSA) is 75.7 Å². The maximum Gasteiger partial charge on any atom is 0.231 e. The summed E-state index contributed by atoms with van der Waals surface area (Å²) in [5.74, 6) is 1.60. The van der Waals surface area contributed by atoms with Crippen molar-refractivity contribution in [3.05, 3.63) is 34.8 Å². The molecule has 0 saturated heterocycles.